The third-order valence-electron chi connectivity index (χ3n) is 6.22. The number of halogens is 1. The summed E-state index contributed by atoms with van der Waals surface area (Å²) in [4.78, 5) is 36.6. The number of pyridine rings is 2. The van der Waals surface area contributed by atoms with Crippen molar-refractivity contribution in [1.82, 2.24) is 19.9 Å². The number of hydrogen-bond acceptors (Lipinski definition) is 8. The molecule has 1 N–H and O–H groups in total. The Morgan fingerprint density at radius 1 is 0.941 bits per heavy atom. The molecule has 1 amide bonds. The lowest BCUT2D eigenvalue weighted by Gasteiger charge is -2.40. The van der Waals surface area contributed by atoms with Gasteiger partial charge in [-0.05, 0) is 37.6 Å². The maximum absolute atomic E-state index is 13.4. The van der Waals surface area contributed by atoms with Gasteiger partial charge in [-0.1, -0.05) is 6.07 Å². The summed E-state index contributed by atoms with van der Waals surface area (Å²) in [6.07, 6.45) is 6.24. The van der Waals surface area contributed by atoms with E-state index in [0.29, 0.717) is 42.5 Å². The zero-order valence-corrected chi connectivity index (χ0v) is 19.0. The number of carbonyl (C=O) groups excluding carboxylic acids is 1. The van der Waals surface area contributed by atoms with Gasteiger partial charge in [0.2, 0.25) is 5.95 Å². The number of carbonyl (C=O) groups is 1. The molecule has 3 aromatic rings. The monoisotopic (exact) mass is 462 g/mol. The summed E-state index contributed by atoms with van der Waals surface area (Å²) in [6.45, 7) is 5.56. The average Bonchev–Trinajstić information content (AvgIpc) is 3.31. The summed E-state index contributed by atoms with van der Waals surface area (Å²) in [5.41, 5.74) is 0.931. The van der Waals surface area contributed by atoms with Crippen molar-refractivity contribution in [2.75, 3.05) is 52.7 Å². The van der Waals surface area contributed by atoms with Gasteiger partial charge < -0.3 is 20.0 Å². The van der Waals surface area contributed by atoms with Crippen molar-refractivity contribution < 1.29 is 9.18 Å². The van der Waals surface area contributed by atoms with Crippen LogP contribution in [0.5, 0.6) is 0 Å². The summed E-state index contributed by atoms with van der Waals surface area (Å²) in [5.74, 6) is 2.00. The summed E-state index contributed by atoms with van der Waals surface area (Å²) >= 11 is 0. The number of hydrogen-bond donors (Lipinski definition) is 1. The molecule has 0 radical (unpaired) electrons. The van der Waals surface area contributed by atoms with Crippen LogP contribution in [0.2, 0.25) is 0 Å². The second-order valence-corrected chi connectivity index (χ2v) is 8.64. The first-order valence-electron chi connectivity index (χ1n) is 11.5. The van der Waals surface area contributed by atoms with Gasteiger partial charge in [0.1, 0.15) is 17.8 Å². The highest BCUT2D eigenvalue weighted by molar-refractivity contribution is 6.04. The highest BCUT2D eigenvalue weighted by Crippen LogP contribution is 2.22. The SMILES string of the molecule is C[C@H]1CN(c2ccccn2)CCN1c1ncc(NC(=O)c2ccc(N3CC[C@@H](F)C3)nc2)cn1. The van der Waals surface area contributed by atoms with E-state index in [4.69, 9.17) is 0 Å². The zero-order valence-electron chi connectivity index (χ0n) is 19.0. The molecule has 0 saturated carbocycles. The van der Waals surface area contributed by atoms with Crippen molar-refractivity contribution in [3.8, 4) is 0 Å². The third kappa shape index (κ3) is 4.75. The van der Waals surface area contributed by atoms with E-state index in [1.807, 2.05) is 23.1 Å². The normalized spacial score (nSPS) is 20.5. The molecule has 34 heavy (non-hydrogen) atoms. The molecule has 5 heterocycles. The smallest absolute Gasteiger partial charge is 0.257 e. The van der Waals surface area contributed by atoms with Crippen LogP contribution in [0.4, 0.5) is 27.7 Å². The molecule has 2 saturated heterocycles. The van der Waals surface area contributed by atoms with E-state index in [9.17, 15) is 9.18 Å². The van der Waals surface area contributed by atoms with Gasteiger partial charge in [-0.15, -0.1) is 0 Å². The standard InChI is InChI=1S/C24H27FN8O/c1-17-15-32(21-4-2-3-8-26-21)10-11-33(17)24-28-13-20(14-29-24)30-23(34)18-5-6-22(27-12-18)31-9-7-19(25)16-31/h2-6,8,12-14,17,19H,7,9-11,15-16H2,1H3,(H,30,34)/t17-,19+/m0/s1. The predicted molar refractivity (Wildman–Crippen MR) is 129 cm³/mol. The number of rotatable bonds is 5. The van der Waals surface area contributed by atoms with Crippen molar-refractivity contribution in [3.05, 3.63) is 60.7 Å². The number of aromatic nitrogens is 4. The van der Waals surface area contributed by atoms with Gasteiger partial charge in [-0.3, -0.25) is 4.79 Å². The molecule has 2 fully saturated rings. The minimum atomic E-state index is -0.819. The lowest BCUT2D eigenvalue weighted by atomic mass is 10.2. The highest BCUT2D eigenvalue weighted by Gasteiger charge is 2.26. The molecule has 2 atom stereocenters. The summed E-state index contributed by atoms with van der Waals surface area (Å²) in [5, 5.41) is 2.81. The molecule has 0 unspecified atom stereocenters. The Morgan fingerprint density at radius 3 is 2.38 bits per heavy atom. The van der Waals surface area contributed by atoms with Crippen LogP contribution in [-0.2, 0) is 0 Å². The van der Waals surface area contributed by atoms with Gasteiger partial charge >= 0.3 is 0 Å². The van der Waals surface area contributed by atoms with E-state index in [-0.39, 0.29) is 11.9 Å². The number of piperazine rings is 1. The van der Waals surface area contributed by atoms with Crippen LogP contribution in [0.15, 0.2) is 55.1 Å². The second kappa shape index (κ2) is 9.58. The highest BCUT2D eigenvalue weighted by atomic mass is 19.1. The maximum Gasteiger partial charge on any atom is 0.257 e. The summed E-state index contributed by atoms with van der Waals surface area (Å²) in [6, 6.07) is 9.59. The Balaban J connectivity index is 1.18. The molecule has 3 aromatic heterocycles. The minimum absolute atomic E-state index is 0.212. The molecule has 10 heteroatoms. The van der Waals surface area contributed by atoms with E-state index in [1.54, 1.807) is 30.7 Å². The number of amides is 1. The average molecular weight is 463 g/mol. The van der Waals surface area contributed by atoms with Gasteiger partial charge in [-0.2, -0.15) is 0 Å². The largest absolute Gasteiger partial charge is 0.354 e. The number of nitrogens with zero attached hydrogens (tertiary/aromatic N) is 7. The van der Waals surface area contributed by atoms with Gasteiger partial charge in [0.15, 0.2) is 0 Å². The topological polar surface area (TPSA) is 90.4 Å². The molecule has 0 aromatic carbocycles. The van der Waals surface area contributed by atoms with Gasteiger partial charge in [-0.25, -0.2) is 24.3 Å². The molecule has 2 aliphatic rings. The fraction of sp³-hybridized carbons (Fsp3) is 0.375. The zero-order chi connectivity index (χ0) is 23.5. The van der Waals surface area contributed by atoms with E-state index < -0.39 is 6.17 Å². The van der Waals surface area contributed by atoms with Crippen molar-refractivity contribution in [2.45, 2.75) is 25.6 Å². The number of nitrogens with one attached hydrogen (secondary N) is 1. The Kier molecular flexibility index (Phi) is 6.20. The van der Waals surface area contributed by atoms with Crippen LogP contribution in [-0.4, -0.2) is 70.8 Å². The minimum Gasteiger partial charge on any atom is -0.354 e. The van der Waals surface area contributed by atoms with Crippen molar-refractivity contribution in [3.63, 3.8) is 0 Å². The Morgan fingerprint density at radius 2 is 1.74 bits per heavy atom. The molecule has 0 aliphatic carbocycles. The van der Waals surface area contributed by atoms with Gasteiger partial charge in [0.25, 0.3) is 5.91 Å². The summed E-state index contributed by atoms with van der Waals surface area (Å²) < 4.78 is 13.4. The molecule has 176 valence electrons. The fourth-order valence-electron chi connectivity index (χ4n) is 4.37. The lowest BCUT2D eigenvalue weighted by Crippen LogP contribution is -2.53. The first kappa shape index (κ1) is 22.0. The van der Waals surface area contributed by atoms with Crippen molar-refractivity contribution >= 4 is 29.2 Å². The Labute approximate surface area is 197 Å². The number of anilines is 4. The lowest BCUT2D eigenvalue weighted by molar-refractivity contribution is 0.102. The molecule has 0 bridgehead atoms. The summed E-state index contributed by atoms with van der Waals surface area (Å²) in [7, 11) is 0. The van der Waals surface area contributed by atoms with Crippen LogP contribution in [0.25, 0.3) is 0 Å². The van der Waals surface area contributed by atoms with Crippen molar-refractivity contribution in [1.29, 1.82) is 0 Å². The predicted octanol–water partition coefficient (Wildman–Crippen LogP) is 2.78. The molecular weight excluding hydrogens is 435 g/mol. The second-order valence-electron chi connectivity index (χ2n) is 8.64. The molecule has 5 rings (SSSR count). The van der Waals surface area contributed by atoms with E-state index in [0.717, 1.165) is 25.5 Å². The maximum atomic E-state index is 13.4. The van der Waals surface area contributed by atoms with E-state index >= 15 is 0 Å². The number of alkyl halides is 1. The van der Waals surface area contributed by atoms with Crippen LogP contribution in [0, 0.1) is 0 Å². The van der Waals surface area contributed by atoms with Crippen LogP contribution in [0.1, 0.15) is 23.7 Å². The molecular formula is C24H27FN8O. The Hall–Kier alpha value is -3.82. The van der Waals surface area contributed by atoms with Crippen molar-refractivity contribution in [2.24, 2.45) is 0 Å². The first-order chi connectivity index (χ1) is 16.6. The first-order valence-corrected chi connectivity index (χ1v) is 11.5. The molecule has 0 spiro atoms. The fourth-order valence-corrected chi connectivity index (χ4v) is 4.37. The van der Waals surface area contributed by atoms with Gasteiger partial charge in [0, 0.05) is 44.6 Å². The van der Waals surface area contributed by atoms with E-state index in [2.05, 4.69) is 42.0 Å². The van der Waals surface area contributed by atoms with E-state index in [1.165, 1.54) is 6.20 Å². The third-order valence-corrected chi connectivity index (χ3v) is 6.22. The molecule has 2 aliphatic heterocycles. The molecule has 9 nitrogen and oxygen atoms in total. The van der Waals surface area contributed by atoms with Crippen LogP contribution >= 0.6 is 0 Å². The quantitative estimate of drug-likeness (QED) is 0.619. The van der Waals surface area contributed by atoms with Crippen LogP contribution < -0.4 is 20.0 Å². The Bertz CT molecular complexity index is 1110. The van der Waals surface area contributed by atoms with Crippen LogP contribution in [0.3, 0.4) is 0 Å². The van der Waals surface area contributed by atoms with Gasteiger partial charge in [0.05, 0.1) is 30.2 Å².